The maximum atomic E-state index is 10.5. The molecule has 0 aromatic rings. The van der Waals surface area contributed by atoms with Crippen molar-refractivity contribution < 1.29 is 20.1 Å². The summed E-state index contributed by atoms with van der Waals surface area (Å²) in [6.45, 7) is 3.27. The summed E-state index contributed by atoms with van der Waals surface area (Å²) in [5.74, 6) is -0.944. The van der Waals surface area contributed by atoms with Crippen LogP contribution in [-0.4, -0.2) is 57.0 Å². The van der Waals surface area contributed by atoms with E-state index in [0.717, 1.165) is 0 Å². The van der Waals surface area contributed by atoms with Crippen LogP contribution in [0.25, 0.3) is 0 Å². The van der Waals surface area contributed by atoms with Crippen molar-refractivity contribution in [1.29, 1.82) is 0 Å². The van der Waals surface area contributed by atoms with E-state index in [1.807, 2.05) is 0 Å². The Kier molecular flexibility index (Phi) is 2.90. The second-order valence-electron chi connectivity index (χ2n) is 3.53. The van der Waals surface area contributed by atoms with Gasteiger partial charge < -0.3 is 15.3 Å². The predicted octanol–water partition coefficient (Wildman–Crippen LogP) is -1.11. The van der Waals surface area contributed by atoms with Crippen LogP contribution in [0, 0.1) is 0 Å². The van der Waals surface area contributed by atoms with Gasteiger partial charge >= 0.3 is 5.97 Å². The molecule has 1 aliphatic rings. The fourth-order valence-electron chi connectivity index (χ4n) is 1.78. The SMILES string of the molecule is C[C@@H]1[C@@H](O)[C@H](O)[C@@H](C)N1CC(=O)O. The fraction of sp³-hybridized carbons (Fsp3) is 0.875. The van der Waals surface area contributed by atoms with E-state index in [1.54, 1.807) is 18.7 Å². The van der Waals surface area contributed by atoms with Gasteiger partial charge in [-0.2, -0.15) is 0 Å². The number of aliphatic hydroxyl groups is 2. The second-order valence-corrected chi connectivity index (χ2v) is 3.53. The average molecular weight is 189 g/mol. The Morgan fingerprint density at radius 2 is 1.62 bits per heavy atom. The lowest BCUT2D eigenvalue weighted by Gasteiger charge is -2.23. The molecule has 13 heavy (non-hydrogen) atoms. The van der Waals surface area contributed by atoms with Crippen LogP contribution in [0.1, 0.15) is 13.8 Å². The molecule has 1 heterocycles. The minimum absolute atomic E-state index is 0.142. The van der Waals surface area contributed by atoms with E-state index in [0.29, 0.717) is 0 Å². The van der Waals surface area contributed by atoms with Gasteiger partial charge in [-0.25, -0.2) is 0 Å². The van der Waals surface area contributed by atoms with Crippen LogP contribution in [0.5, 0.6) is 0 Å². The van der Waals surface area contributed by atoms with Gasteiger partial charge in [0, 0.05) is 12.1 Å². The van der Waals surface area contributed by atoms with Crippen molar-refractivity contribution >= 4 is 5.97 Å². The minimum Gasteiger partial charge on any atom is -0.480 e. The van der Waals surface area contributed by atoms with E-state index < -0.39 is 18.2 Å². The lowest BCUT2D eigenvalue weighted by Crippen LogP contribution is -2.39. The first kappa shape index (κ1) is 10.4. The van der Waals surface area contributed by atoms with E-state index in [2.05, 4.69) is 0 Å². The maximum absolute atomic E-state index is 10.5. The van der Waals surface area contributed by atoms with Crippen LogP contribution < -0.4 is 0 Å². The molecule has 0 radical (unpaired) electrons. The lowest BCUT2D eigenvalue weighted by atomic mass is 10.1. The largest absolute Gasteiger partial charge is 0.480 e. The summed E-state index contributed by atoms with van der Waals surface area (Å²) in [6.07, 6.45) is -1.70. The summed E-state index contributed by atoms with van der Waals surface area (Å²) in [5.41, 5.74) is 0. The smallest absolute Gasteiger partial charge is 0.317 e. The highest BCUT2D eigenvalue weighted by Crippen LogP contribution is 2.23. The first-order valence-corrected chi connectivity index (χ1v) is 4.29. The quantitative estimate of drug-likeness (QED) is 0.513. The van der Waals surface area contributed by atoms with Crippen molar-refractivity contribution in [2.24, 2.45) is 0 Å². The first-order chi connectivity index (χ1) is 5.95. The molecular formula is C8H15NO4. The molecule has 5 heteroatoms. The van der Waals surface area contributed by atoms with Gasteiger partial charge in [-0.15, -0.1) is 0 Å². The van der Waals surface area contributed by atoms with Gasteiger partial charge in [-0.3, -0.25) is 9.69 Å². The number of nitrogens with zero attached hydrogens (tertiary/aromatic N) is 1. The summed E-state index contributed by atoms with van der Waals surface area (Å²) >= 11 is 0. The van der Waals surface area contributed by atoms with E-state index >= 15 is 0 Å². The molecule has 1 rings (SSSR count). The number of hydrogen-bond acceptors (Lipinski definition) is 4. The Labute approximate surface area is 76.6 Å². The van der Waals surface area contributed by atoms with Crippen molar-refractivity contribution in [3.05, 3.63) is 0 Å². The van der Waals surface area contributed by atoms with Gasteiger partial charge in [-0.05, 0) is 13.8 Å². The maximum Gasteiger partial charge on any atom is 0.317 e. The summed E-state index contributed by atoms with van der Waals surface area (Å²) in [6, 6.07) is -0.609. The zero-order valence-corrected chi connectivity index (χ0v) is 7.71. The standard InChI is InChI=1S/C8H15NO4/c1-4-7(12)8(13)5(2)9(4)3-6(10)11/h4-5,7-8,12-13H,3H2,1-2H3,(H,10,11)/t4-,5-,7-,8-/m1/s1. The molecule has 1 fully saturated rings. The number of carboxylic acids is 1. The first-order valence-electron chi connectivity index (χ1n) is 4.29. The van der Waals surface area contributed by atoms with E-state index in [9.17, 15) is 15.0 Å². The van der Waals surface area contributed by atoms with Crippen molar-refractivity contribution in [2.45, 2.75) is 38.1 Å². The van der Waals surface area contributed by atoms with Gasteiger partial charge in [0.05, 0.1) is 18.8 Å². The number of aliphatic carboxylic acids is 1. The van der Waals surface area contributed by atoms with Crippen LogP contribution >= 0.6 is 0 Å². The number of carboxylic acid groups (broad SMARTS) is 1. The predicted molar refractivity (Wildman–Crippen MR) is 45.3 cm³/mol. The molecule has 0 aromatic carbocycles. The van der Waals surface area contributed by atoms with Crippen LogP contribution in [0.15, 0.2) is 0 Å². The van der Waals surface area contributed by atoms with Gasteiger partial charge in [0.2, 0.25) is 0 Å². The van der Waals surface area contributed by atoms with E-state index in [1.165, 1.54) is 0 Å². The highest BCUT2D eigenvalue weighted by atomic mass is 16.4. The third-order valence-corrected chi connectivity index (χ3v) is 2.70. The Morgan fingerprint density at radius 1 is 1.23 bits per heavy atom. The average Bonchev–Trinajstić information content (AvgIpc) is 2.22. The normalized spacial score (nSPS) is 40.9. The highest BCUT2D eigenvalue weighted by Gasteiger charge is 2.43. The zero-order valence-electron chi connectivity index (χ0n) is 7.71. The van der Waals surface area contributed by atoms with Gasteiger partial charge in [0.15, 0.2) is 0 Å². The molecule has 1 saturated heterocycles. The monoisotopic (exact) mass is 189 g/mol. The molecule has 0 aromatic heterocycles. The molecule has 0 amide bonds. The Hall–Kier alpha value is -0.650. The van der Waals surface area contributed by atoms with Crippen molar-refractivity contribution in [3.63, 3.8) is 0 Å². The van der Waals surface area contributed by atoms with Crippen LogP contribution in [0.4, 0.5) is 0 Å². The van der Waals surface area contributed by atoms with E-state index in [4.69, 9.17) is 5.11 Å². The van der Waals surface area contributed by atoms with E-state index in [-0.39, 0.29) is 18.6 Å². The van der Waals surface area contributed by atoms with Crippen LogP contribution in [0.2, 0.25) is 0 Å². The number of likely N-dealkylation sites (tertiary alicyclic amines) is 1. The molecule has 0 bridgehead atoms. The van der Waals surface area contributed by atoms with Crippen molar-refractivity contribution in [1.82, 2.24) is 4.90 Å². The molecule has 0 spiro atoms. The Bertz CT molecular complexity index is 194. The topological polar surface area (TPSA) is 81.0 Å². The fourth-order valence-corrected chi connectivity index (χ4v) is 1.78. The van der Waals surface area contributed by atoms with Gasteiger partial charge in [-0.1, -0.05) is 0 Å². The molecule has 4 atom stereocenters. The molecule has 5 nitrogen and oxygen atoms in total. The number of rotatable bonds is 2. The van der Waals surface area contributed by atoms with Crippen molar-refractivity contribution in [2.75, 3.05) is 6.54 Å². The lowest BCUT2D eigenvalue weighted by molar-refractivity contribution is -0.139. The Balaban J connectivity index is 2.69. The summed E-state index contributed by atoms with van der Waals surface area (Å²) < 4.78 is 0. The molecule has 0 aliphatic carbocycles. The molecule has 3 N–H and O–H groups in total. The van der Waals surface area contributed by atoms with Gasteiger partial charge in [0.25, 0.3) is 0 Å². The third kappa shape index (κ3) is 1.82. The van der Waals surface area contributed by atoms with Crippen LogP contribution in [-0.2, 0) is 4.79 Å². The van der Waals surface area contributed by atoms with Gasteiger partial charge in [0.1, 0.15) is 0 Å². The molecule has 0 saturated carbocycles. The summed E-state index contributed by atoms with van der Waals surface area (Å²) in [7, 11) is 0. The number of hydrogen-bond donors (Lipinski definition) is 3. The summed E-state index contributed by atoms with van der Waals surface area (Å²) in [4.78, 5) is 12.0. The zero-order chi connectivity index (χ0) is 10.2. The van der Waals surface area contributed by atoms with Crippen molar-refractivity contribution in [3.8, 4) is 0 Å². The number of aliphatic hydroxyl groups excluding tert-OH is 2. The second kappa shape index (κ2) is 3.61. The molecule has 0 unspecified atom stereocenters. The molecule has 1 aliphatic heterocycles. The minimum atomic E-state index is -0.944. The van der Waals surface area contributed by atoms with Crippen LogP contribution in [0.3, 0.4) is 0 Å². The highest BCUT2D eigenvalue weighted by molar-refractivity contribution is 5.69. The summed E-state index contributed by atoms with van der Waals surface area (Å²) in [5, 5.41) is 27.4. The Morgan fingerprint density at radius 3 is 1.92 bits per heavy atom. The molecule has 76 valence electrons. The number of carbonyl (C=O) groups is 1. The third-order valence-electron chi connectivity index (χ3n) is 2.70. The molecular weight excluding hydrogens is 174 g/mol.